The monoisotopic (exact) mass is 354 g/mol. The van der Waals surface area contributed by atoms with Gasteiger partial charge in [-0.25, -0.2) is 0 Å². The van der Waals surface area contributed by atoms with E-state index < -0.39 is 0 Å². The van der Waals surface area contributed by atoms with E-state index in [9.17, 15) is 0 Å². The Bertz CT molecular complexity index is 58.0. The Morgan fingerprint density at radius 2 is 1.67 bits per heavy atom. The van der Waals surface area contributed by atoms with Gasteiger partial charge in [-0.3, -0.25) is 0 Å². The van der Waals surface area contributed by atoms with Gasteiger partial charge in [-0.1, -0.05) is 0 Å². The molecule has 0 aliphatic carbocycles. The highest BCUT2D eigenvalue weighted by atomic mass is 127. The summed E-state index contributed by atoms with van der Waals surface area (Å²) in [6, 6.07) is 0. The van der Waals surface area contributed by atoms with Crippen molar-refractivity contribution in [3.63, 3.8) is 0 Å². The molecule has 56 valence electrons. The van der Waals surface area contributed by atoms with Crippen molar-refractivity contribution >= 4 is 45.7 Å². The smallest absolute Gasteiger partial charge is 0.0308 e. The van der Waals surface area contributed by atoms with Gasteiger partial charge < -0.3 is 4.90 Å². The Morgan fingerprint density at radius 3 is 2.00 bits per heavy atom. The molecule has 0 aliphatic heterocycles. The summed E-state index contributed by atoms with van der Waals surface area (Å²) in [6.45, 7) is 2.35. The van der Waals surface area contributed by atoms with Crippen molar-refractivity contribution in [2.75, 3.05) is 27.2 Å². The summed E-state index contributed by atoms with van der Waals surface area (Å²) in [7, 11) is 4.20. The van der Waals surface area contributed by atoms with Gasteiger partial charge in [0.1, 0.15) is 0 Å². The van der Waals surface area contributed by atoms with E-state index in [4.69, 9.17) is 0 Å². The van der Waals surface area contributed by atoms with Crippen molar-refractivity contribution in [3.05, 3.63) is 0 Å². The fraction of sp³-hybridized carbons (Fsp3) is 1.00. The molecule has 0 aliphatic rings. The van der Waals surface area contributed by atoms with E-state index >= 15 is 0 Å². The number of hydrogen-bond acceptors (Lipinski definition) is 2. The molecule has 0 unspecified atom stereocenters. The minimum Gasteiger partial charge on any atom is -0.309 e. The molecule has 0 saturated carbocycles. The van der Waals surface area contributed by atoms with Crippen LogP contribution in [0.3, 0.4) is 0 Å². The second kappa shape index (κ2) is 6.11. The van der Waals surface area contributed by atoms with Crippen molar-refractivity contribution in [3.8, 4) is 0 Å². The SMILES string of the molecule is CN(C)CCCN(I)I. The maximum absolute atomic E-state index is 2.29. The van der Waals surface area contributed by atoms with Crippen molar-refractivity contribution < 1.29 is 0 Å². The van der Waals surface area contributed by atoms with Gasteiger partial charge in [0.2, 0.25) is 0 Å². The highest BCUT2D eigenvalue weighted by molar-refractivity contribution is 14.2. The molecular formula is C5H12I2N2. The van der Waals surface area contributed by atoms with Crippen LogP contribution in [0.5, 0.6) is 0 Å². The van der Waals surface area contributed by atoms with Crippen molar-refractivity contribution in [2.24, 2.45) is 0 Å². The molecule has 0 atom stereocenters. The maximum Gasteiger partial charge on any atom is 0.0308 e. The molecule has 0 radical (unpaired) electrons. The lowest BCUT2D eigenvalue weighted by Gasteiger charge is -2.09. The molecule has 0 fully saturated rings. The first kappa shape index (κ1) is 10.4. The summed E-state index contributed by atoms with van der Waals surface area (Å²) >= 11 is 4.58. The Balaban J connectivity index is 2.91. The summed E-state index contributed by atoms with van der Waals surface area (Å²) in [5, 5.41) is 0. The zero-order valence-electron chi connectivity index (χ0n) is 5.77. The summed E-state index contributed by atoms with van der Waals surface area (Å²) < 4.78 is 2.15. The second-order valence-corrected chi connectivity index (χ2v) is 6.36. The lowest BCUT2D eigenvalue weighted by Crippen LogP contribution is -2.15. The minimum atomic E-state index is 1.17. The molecule has 4 heteroatoms. The van der Waals surface area contributed by atoms with Crippen molar-refractivity contribution in [2.45, 2.75) is 6.42 Å². The van der Waals surface area contributed by atoms with Gasteiger partial charge in [-0.2, -0.15) is 1.33 Å². The quantitative estimate of drug-likeness (QED) is 0.563. The van der Waals surface area contributed by atoms with E-state index in [1.807, 2.05) is 0 Å². The molecular weight excluding hydrogens is 342 g/mol. The number of halogens is 2. The first-order valence-electron chi connectivity index (χ1n) is 2.86. The average Bonchev–Trinajstić information content (AvgIpc) is 1.63. The minimum absolute atomic E-state index is 1.17. The van der Waals surface area contributed by atoms with Crippen LogP contribution in [0.1, 0.15) is 6.42 Å². The number of nitrogens with zero attached hydrogens (tertiary/aromatic N) is 2. The zero-order valence-corrected chi connectivity index (χ0v) is 10.1. The summed E-state index contributed by atoms with van der Waals surface area (Å²) in [6.07, 6.45) is 1.25. The van der Waals surface area contributed by atoms with Gasteiger partial charge in [0.15, 0.2) is 0 Å². The fourth-order valence-electron chi connectivity index (χ4n) is 0.506. The molecule has 0 amide bonds. The highest BCUT2D eigenvalue weighted by Gasteiger charge is 1.93. The van der Waals surface area contributed by atoms with Gasteiger partial charge in [0.05, 0.1) is 0 Å². The first-order chi connectivity index (χ1) is 4.13. The van der Waals surface area contributed by atoms with E-state index in [-0.39, 0.29) is 0 Å². The Morgan fingerprint density at radius 1 is 1.11 bits per heavy atom. The van der Waals surface area contributed by atoms with E-state index in [0.29, 0.717) is 0 Å². The molecule has 0 aromatic rings. The molecule has 0 heterocycles. The van der Waals surface area contributed by atoms with E-state index in [1.54, 1.807) is 0 Å². The molecule has 0 rings (SSSR count). The van der Waals surface area contributed by atoms with Crippen LogP contribution in [0.2, 0.25) is 0 Å². The van der Waals surface area contributed by atoms with Crippen LogP contribution in [0.25, 0.3) is 0 Å². The summed E-state index contributed by atoms with van der Waals surface area (Å²) in [5.74, 6) is 0. The third-order valence-electron chi connectivity index (χ3n) is 0.932. The van der Waals surface area contributed by atoms with Gasteiger partial charge in [0.25, 0.3) is 0 Å². The molecule has 0 spiro atoms. The predicted octanol–water partition coefficient (Wildman–Crippen LogP) is 1.94. The fourth-order valence-corrected chi connectivity index (χ4v) is 1.19. The van der Waals surface area contributed by atoms with Gasteiger partial charge in [-0.05, 0) is 27.1 Å². The number of hydrogen-bond donors (Lipinski definition) is 0. The molecule has 0 N–H and O–H groups in total. The van der Waals surface area contributed by atoms with Gasteiger partial charge >= 0.3 is 0 Å². The zero-order chi connectivity index (χ0) is 7.28. The predicted molar refractivity (Wildman–Crippen MR) is 57.9 cm³/mol. The van der Waals surface area contributed by atoms with E-state index in [0.717, 1.165) is 0 Å². The highest BCUT2D eigenvalue weighted by Crippen LogP contribution is 2.06. The maximum atomic E-state index is 2.29. The largest absolute Gasteiger partial charge is 0.309 e. The van der Waals surface area contributed by atoms with Gasteiger partial charge in [0, 0.05) is 52.3 Å². The van der Waals surface area contributed by atoms with Crippen LogP contribution in [0, 0.1) is 0 Å². The van der Waals surface area contributed by atoms with Crippen molar-refractivity contribution in [1.29, 1.82) is 0 Å². The third kappa shape index (κ3) is 9.38. The number of rotatable bonds is 4. The second-order valence-electron chi connectivity index (χ2n) is 2.18. The lowest BCUT2D eigenvalue weighted by atomic mass is 10.4. The van der Waals surface area contributed by atoms with Crippen molar-refractivity contribution in [1.82, 2.24) is 6.23 Å². The normalized spacial score (nSPS) is 11.3. The average molecular weight is 354 g/mol. The summed E-state index contributed by atoms with van der Waals surface area (Å²) in [5.41, 5.74) is 0. The molecule has 0 saturated heterocycles. The molecule has 0 aromatic carbocycles. The summed E-state index contributed by atoms with van der Waals surface area (Å²) in [4.78, 5) is 2.21. The molecule has 0 bridgehead atoms. The molecule has 9 heavy (non-hydrogen) atoms. The van der Waals surface area contributed by atoms with Crippen LogP contribution < -0.4 is 0 Å². The van der Waals surface area contributed by atoms with Gasteiger partial charge in [-0.15, -0.1) is 0 Å². The molecule has 2 nitrogen and oxygen atoms in total. The lowest BCUT2D eigenvalue weighted by molar-refractivity contribution is 0.396. The first-order valence-corrected chi connectivity index (χ1v) is 4.79. The molecule has 0 aromatic heterocycles. The van der Waals surface area contributed by atoms with Crippen LogP contribution in [0.4, 0.5) is 0 Å². The van der Waals surface area contributed by atoms with Crippen LogP contribution in [-0.4, -0.2) is 33.4 Å². The Kier molecular flexibility index (Phi) is 7.05. The van der Waals surface area contributed by atoms with Crippen LogP contribution in [0.15, 0.2) is 0 Å². The van der Waals surface area contributed by atoms with Crippen LogP contribution in [-0.2, 0) is 0 Å². The topological polar surface area (TPSA) is 6.48 Å². The Labute approximate surface area is 85.0 Å². The van der Waals surface area contributed by atoms with E-state index in [1.165, 1.54) is 19.5 Å². The standard InChI is InChI=1S/C5H12I2N2/c1-8(2)4-3-5-9(6)7/h3-5H2,1-2H3. The van der Waals surface area contributed by atoms with Crippen LogP contribution >= 0.6 is 45.7 Å². The third-order valence-corrected chi connectivity index (χ3v) is 1.90. The van der Waals surface area contributed by atoms with E-state index in [2.05, 4.69) is 66.1 Å². The Hall–Kier alpha value is 1.38.